The second kappa shape index (κ2) is 4.64. The number of aromatic nitrogens is 1. The molecule has 0 atom stereocenters. The number of rotatable bonds is 3. The van der Waals surface area contributed by atoms with E-state index in [0.717, 1.165) is 16.6 Å². The summed E-state index contributed by atoms with van der Waals surface area (Å²) in [5.74, 6) is -0.274. The molecule has 0 spiro atoms. The molecule has 0 bridgehead atoms. The fourth-order valence-corrected chi connectivity index (χ4v) is 1.81. The summed E-state index contributed by atoms with van der Waals surface area (Å²) in [4.78, 5) is 15.4. The van der Waals surface area contributed by atoms with Crippen LogP contribution in [0.2, 0.25) is 0 Å². The Morgan fingerprint density at radius 3 is 2.67 bits per heavy atom. The minimum absolute atomic E-state index is 0.0310. The molecule has 4 heteroatoms. The minimum Gasteiger partial charge on any atom is -0.490 e. The number of fused-ring (bicyclic) bond motifs is 1. The highest BCUT2D eigenvalue weighted by Crippen LogP contribution is 2.27. The highest BCUT2D eigenvalue weighted by atomic mass is 16.5. The average molecular weight is 245 g/mol. The fraction of sp³-hybridized carbons (Fsp3) is 0.286. The van der Waals surface area contributed by atoms with Crippen LogP contribution in [0.25, 0.3) is 10.9 Å². The quantitative estimate of drug-likeness (QED) is 0.902. The van der Waals surface area contributed by atoms with Crippen molar-refractivity contribution in [3.63, 3.8) is 0 Å². The summed E-state index contributed by atoms with van der Waals surface area (Å²) in [5, 5.41) is 9.74. The topological polar surface area (TPSA) is 59.4 Å². The molecule has 0 aliphatic carbocycles. The van der Waals surface area contributed by atoms with Gasteiger partial charge in [0.1, 0.15) is 5.75 Å². The van der Waals surface area contributed by atoms with Crippen LogP contribution in [-0.4, -0.2) is 22.2 Å². The Kier molecular flexibility index (Phi) is 3.19. The Labute approximate surface area is 105 Å². The molecule has 4 nitrogen and oxygen atoms in total. The van der Waals surface area contributed by atoms with Crippen LogP contribution in [0.5, 0.6) is 5.75 Å². The van der Waals surface area contributed by atoms with Crippen molar-refractivity contribution in [3.05, 3.63) is 35.5 Å². The van der Waals surface area contributed by atoms with E-state index in [1.807, 2.05) is 26.8 Å². The molecular formula is C14H15NO3. The number of pyridine rings is 1. The van der Waals surface area contributed by atoms with Crippen LogP contribution in [-0.2, 0) is 0 Å². The third-order valence-corrected chi connectivity index (χ3v) is 2.51. The van der Waals surface area contributed by atoms with Gasteiger partial charge in [-0.15, -0.1) is 0 Å². The average Bonchev–Trinajstić information content (AvgIpc) is 2.27. The van der Waals surface area contributed by atoms with E-state index in [2.05, 4.69) is 4.98 Å². The lowest BCUT2D eigenvalue weighted by Crippen LogP contribution is -2.07. The number of hydrogen-bond donors (Lipinski definition) is 1. The predicted molar refractivity (Wildman–Crippen MR) is 69.2 cm³/mol. The number of ether oxygens (including phenoxy) is 1. The number of benzene rings is 1. The first-order valence-electron chi connectivity index (χ1n) is 5.78. The van der Waals surface area contributed by atoms with E-state index >= 15 is 0 Å². The molecule has 2 rings (SSSR count). The van der Waals surface area contributed by atoms with E-state index in [0.29, 0.717) is 5.75 Å². The highest BCUT2D eigenvalue weighted by molar-refractivity contribution is 5.95. The zero-order valence-corrected chi connectivity index (χ0v) is 10.6. The van der Waals surface area contributed by atoms with Crippen LogP contribution < -0.4 is 4.74 Å². The zero-order chi connectivity index (χ0) is 13.3. The van der Waals surface area contributed by atoms with E-state index in [-0.39, 0.29) is 11.7 Å². The van der Waals surface area contributed by atoms with Gasteiger partial charge in [-0.3, -0.25) is 4.98 Å². The standard InChI is InChI=1S/C14H15NO3/c1-8(2)18-13-6-9(3)15-12-5-4-10(14(16)17)7-11(12)13/h4-8H,1-3H3,(H,16,17). The molecular weight excluding hydrogens is 230 g/mol. The van der Waals surface area contributed by atoms with Gasteiger partial charge in [0.25, 0.3) is 0 Å². The summed E-state index contributed by atoms with van der Waals surface area (Å²) in [6, 6.07) is 6.69. The molecule has 0 saturated carbocycles. The fourth-order valence-electron chi connectivity index (χ4n) is 1.81. The molecule has 0 aliphatic rings. The van der Waals surface area contributed by atoms with Crippen molar-refractivity contribution < 1.29 is 14.6 Å². The third-order valence-electron chi connectivity index (χ3n) is 2.51. The van der Waals surface area contributed by atoms with Crippen LogP contribution in [0.4, 0.5) is 0 Å². The molecule has 0 saturated heterocycles. The van der Waals surface area contributed by atoms with Crippen LogP contribution in [0, 0.1) is 6.92 Å². The second-order valence-electron chi connectivity index (χ2n) is 4.47. The first kappa shape index (κ1) is 12.4. The maximum Gasteiger partial charge on any atom is 0.335 e. The van der Waals surface area contributed by atoms with Gasteiger partial charge in [0.2, 0.25) is 0 Å². The molecule has 1 N–H and O–H groups in total. The van der Waals surface area contributed by atoms with Gasteiger partial charge < -0.3 is 9.84 Å². The van der Waals surface area contributed by atoms with E-state index in [1.54, 1.807) is 18.2 Å². The number of carboxylic acids is 1. The number of hydrogen-bond acceptors (Lipinski definition) is 3. The third kappa shape index (κ3) is 2.42. The number of nitrogens with zero attached hydrogens (tertiary/aromatic N) is 1. The smallest absolute Gasteiger partial charge is 0.335 e. The Bertz CT molecular complexity index is 605. The van der Waals surface area contributed by atoms with Crippen LogP contribution >= 0.6 is 0 Å². The molecule has 1 heterocycles. The zero-order valence-electron chi connectivity index (χ0n) is 10.6. The summed E-state index contributed by atoms with van der Waals surface area (Å²) in [7, 11) is 0. The van der Waals surface area contributed by atoms with Gasteiger partial charge in [-0.1, -0.05) is 0 Å². The van der Waals surface area contributed by atoms with Crippen LogP contribution in [0.1, 0.15) is 29.9 Å². The van der Waals surface area contributed by atoms with Crippen molar-refractivity contribution in [3.8, 4) is 5.75 Å². The molecule has 0 aliphatic heterocycles. The number of carbonyl (C=O) groups is 1. The van der Waals surface area contributed by atoms with Gasteiger partial charge in [-0.2, -0.15) is 0 Å². The first-order valence-corrected chi connectivity index (χ1v) is 5.78. The second-order valence-corrected chi connectivity index (χ2v) is 4.47. The maximum atomic E-state index is 11.0. The number of aromatic carboxylic acids is 1. The first-order chi connectivity index (χ1) is 8.47. The van der Waals surface area contributed by atoms with Crippen molar-refractivity contribution in [2.75, 3.05) is 0 Å². The highest BCUT2D eigenvalue weighted by Gasteiger charge is 2.10. The van der Waals surface area contributed by atoms with Crippen LogP contribution in [0.3, 0.4) is 0 Å². The molecule has 0 radical (unpaired) electrons. The normalized spacial score (nSPS) is 10.9. The van der Waals surface area contributed by atoms with Crippen molar-refractivity contribution in [1.82, 2.24) is 4.98 Å². The lowest BCUT2D eigenvalue weighted by Gasteiger charge is -2.13. The van der Waals surface area contributed by atoms with Crippen molar-refractivity contribution >= 4 is 16.9 Å². The van der Waals surface area contributed by atoms with Gasteiger partial charge in [0.05, 0.1) is 17.2 Å². The van der Waals surface area contributed by atoms with Crippen molar-refractivity contribution in [2.45, 2.75) is 26.9 Å². The van der Waals surface area contributed by atoms with Gasteiger partial charge in [-0.25, -0.2) is 4.79 Å². The van der Waals surface area contributed by atoms with Gasteiger partial charge in [0, 0.05) is 17.1 Å². The van der Waals surface area contributed by atoms with Crippen molar-refractivity contribution in [1.29, 1.82) is 0 Å². The Morgan fingerprint density at radius 1 is 1.33 bits per heavy atom. The Morgan fingerprint density at radius 2 is 2.06 bits per heavy atom. The van der Waals surface area contributed by atoms with Crippen molar-refractivity contribution in [2.24, 2.45) is 0 Å². The minimum atomic E-state index is -0.951. The molecule has 94 valence electrons. The molecule has 1 aromatic carbocycles. The van der Waals surface area contributed by atoms with Gasteiger partial charge in [0.15, 0.2) is 0 Å². The summed E-state index contributed by atoms with van der Waals surface area (Å²) in [5.41, 5.74) is 1.83. The van der Waals surface area contributed by atoms with Gasteiger partial charge >= 0.3 is 5.97 Å². The number of carboxylic acid groups (broad SMARTS) is 1. The Hall–Kier alpha value is -2.10. The van der Waals surface area contributed by atoms with E-state index in [1.165, 1.54) is 0 Å². The van der Waals surface area contributed by atoms with Gasteiger partial charge in [-0.05, 0) is 39.0 Å². The maximum absolute atomic E-state index is 11.0. The lowest BCUT2D eigenvalue weighted by molar-refractivity contribution is 0.0697. The van der Waals surface area contributed by atoms with E-state index in [4.69, 9.17) is 9.84 Å². The summed E-state index contributed by atoms with van der Waals surface area (Å²) in [6.45, 7) is 5.75. The Balaban J connectivity index is 2.65. The number of aryl methyl sites for hydroxylation is 1. The van der Waals surface area contributed by atoms with E-state index < -0.39 is 5.97 Å². The monoisotopic (exact) mass is 245 g/mol. The summed E-state index contributed by atoms with van der Waals surface area (Å²) >= 11 is 0. The predicted octanol–water partition coefficient (Wildman–Crippen LogP) is 3.03. The van der Waals surface area contributed by atoms with E-state index in [9.17, 15) is 4.79 Å². The van der Waals surface area contributed by atoms with Crippen LogP contribution in [0.15, 0.2) is 24.3 Å². The summed E-state index contributed by atoms with van der Waals surface area (Å²) < 4.78 is 5.71. The SMILES string of the molecule is Cc1cc(OC(C)C)c2cc(C(=O)O)ccc2n1. The summed E-state index contributed by atoms with van der Waals surface area (Å²) in [6.07, 6.45) is 0.0310. The molecule has 0 amide bonds. The largest absolute Gasteiger partial charge is 0.490 e. The molecule has 18 heavy (non-hydrogen) atoms. The molecule has 1 aromatic heterocycles. The molecule has 2 aromatic rings. The molecule has 0 fully saturated rings. The lowest BCUT2D eigenvalue weighted by atomic mass is 10.1. The molecule has 0 unspecified atom stereocenters.